The summed E-state index contributed by atoms with van der Waals surface area (Å²) in [6, 6.07) is 13.6. The Morgan fingerprint density at radius 2 is 1.96 bits per heavy atom. The number of aromatic hydroxyl groups is 1. The molecule has 3 rings (SSSR count). The second kappa shape index (κ2) is 5.85. The Labute approximate surface area is 132 Å². The van der Waals surface area contributed by atoms with Gasteiger partial charge >= 0.3 is 0 Å². The quantitative estimate of drug-likeness (QED) is 0.725. The van der Waals surface area contributed by atoms with Gasteiger partial charge in [0.2, 0.25) is 11.5 Å². The molecule has 3 aromatic rings. The Morgan fingerprint density at radius 1 is 1.22 bits per heavy atom. The van der Waals surface area contributed by atoms with Gasteiger partial charge in [-0.1, -0.05) is 29.8 Å². The van der Waals surface area contributed by atoms with Gasteiger partial charge in [-0.3, -0.25) is 14.6 Å². The Balaban J connectivity index is 1.84. The van der Waals surface area contributed by atoms with Crippen LogP contribution in [0.3, 0.4) is 0 Å². The zero-order valence-electron chi connectivity index (χ0n) is 12.3. The topological polar surface area (TPSA) is 83.3 Å². The number of carbonyl (C=O) groups excluding carboxylic acids is 1. The van der Waals surface area contributed by atoms with Crippen molar-refractivity contribution in [1.29, 1.82) is 0 Å². The van der Waals surface area contributed by atoms with E-state index in [1.165, 1.54) is 11.6 Å². The molecule has 0 atom stereocenters. The lowest BCUT2D eigenvalue weighted by Gasteiger charge is -2.00. The summed E-state index contributed by atoms with van der Waals surface area (Å²) in [4.78, 5) is 25.7. The molecule has 0 unspecified atom stereocenters. The van der Waals surface area contributed by atoms with Crippen molar-refractivity contribution in [3.05, 3.63) is 87.2 Å². The van der Waals surface area contributed by atoms with E-state index in [0.717, 1.165) is 5.56 Å². The molecule has 0 amide bonds. The molecule has 0 bridgehead atoms. The fourth-order valence-corrected chi connectivity index (χ4v) is 2.17. The largest absolute Gasteiger partial charge is 0.502 e. The van der Waals surface area contributed by atoms with Crippen LogP contribution in [-0.2, 0) is 6.42 Å². The zero-order valence-corrected chi connectivity index (χ0v) is 12.3. The van der Waals surface area contributed by atoms with Crippen LogP contribution in [0.4, 0.5) is 0 Å². The number of benzene rings is 1. The molecule has 0 radical (unpaired) electrons. The number of hydrogen-bond acceptors (Lipinski definition) is 4. The summed E-state index contributed by atoms with van der Waals surface area (Å²) in [5.41, 5.74) is 1.17. The maximum atomic E-state index is 12.3. The number of rotatable bonds is 4. The van der Waals surface area contributed by atoms with Crippen LogP contribution < -0.4 is 5.56 Å². The van der Waals surface area contributed by atoms with Crippen LogP contribution in [0.1, 0.15) is 33.0 Å². The maximum Gasteiger partial charge on any atom is 0.299 e. The molecule has 0 aliphatic carbocycles. The number of H-pyrrole nitrogens is 1. The molecule has 0 saturated heterocycles. The van der Waals surface area contributed by atoms with Gasteiger partial charge in [0.25, 0.3) is 5.56 Å². The molecule has 0 fully saturated rings. The lowest BCUT2D eigenvalue weighted by atomic mass is 10.1. The molecule has 114 valence electrons. The number of hydrogen-bond donors (Lipinski definition) is 2. The van der Waals surface area contributed by atoms with Crippen LogP contribution in [0.2, 0.25) is 0 Å². The first-order valence-electron chi connectivity index (χ1n) is 6.98. The lowest BCUT2D eigenvalue weighted by molar-refractivity contribution is 0.100. The highest BCUT2D eigenvalue weighted by molar-refractivity contribution is 6.08. The van der Waals surface area contributed by atoms with Gasteiger partial charge in [-0.05, 0) is 30.7 Å². The van der Waals surface area contributed by atoms with E-state index in [1.54, 1.807) is 6.07 Å². The first kappa shape index (κ1) is 14.7. The minimum Gasteiger partial charge on any atom is -0.502 e. The highest BCUT2D eigenvalue weighted by Gasteiger charge is 2.19. The number of carbonyl (C=O) groups is 1. The SMILES string of the molecule is Cc1ccc(Cc2ccc(C(=O)c3c#c[nH]c(=O)c3O)o2)cc1. The van der Waals surface area contributed by atoms with Crippen LogP contribution in [-0.4, -0.2) is 15.9 Å². The molecule has 5 heteroatoms. The van der Waals surface area contributed by atoms with Crippen molar-refractivity contribution in [2.75, 3.05) is 0 Å². The third kappa shape index (κ3) is 3.01. The molecule has 1 aromatic carbocycles. The maximum absolute atomic E-state index is 12.3. The molecule has 2 N–H and O–H groups in total. The molecule has 2 heterocycles. The molecular weight excluding hydrogens is 294 g/mol. The number of aromatic amines is 1. The van der Waals surface area contributed by atoms with Gasteiger partial charge in [0, 0.05) is 12.6 Å². The number of ketones is 1. The van der Waals surface area contributed by atoms with E-state index in [4.69, 9.17) is 4.42 Å². The third-order valence-electron chi connectivity index (χ3n) is 3.43. The molecule has 0 saturated carbocycles. The Morgan fingerprint density at radius 3 is 2.70 bits per heavy atom. The third-order valence-corrected chi connectivity index (χ3v) is 3.43. The van der Waals surface area contributed by atoms with Gasteiger partial charge in [0.1, 0.15) is 11.3 Å². The van der Waals surface area contributed by atoms with E-state index in [9.17, 15) is 14.7 Å². The highest BCUT2D eigenvalue weighted by atomic mass is 16.3. The Kier molecular flexibility index (Phi) is 3.73. The van der Waals surface area contributed by atoms with Crippen LogP contribution in [0, 0.1) is 19.2 Å². The van der Waals surface area contributed by atoms with E-state index in [0.29, 0.717) is 12.2 Å². The first-order chi connectivity index (χ1) is 11.0. The summed E-state index contributed by atoms with van der Waals surface area (Å²) < 4.78 is 5.52. The lowest BCUT2D eigenvalue weighted by Crippen LogP contribution is -2.09. The van der Waals surface area contributed by atoms with E-state index in [-0.39, 0.29) is 11.3 Å². The second-order valence-electron chi connectivity index (χ2n) is 5.19. The molecule has 2 aromatic heterocycles. The summed E-state index contributed by atoms with van der Waals surface area (Å²) in [6.07, 6.45) is 2.83. The van der Waals surface area contributed by atoms with E-state index >= 15 is 0 Å². The van der Waals surface area contributed by atoms with Gasteiger partial charge in [0.15, 0.2) is 5.76 Å². The second-order valence-corrected chi connectivity index (χ2v) is 5.19. The number of aromatic nitrogens is 1. The van der Waals surface area contributed by atoms with Gasteiger partial charge in [-0.15, -0.1) is 0 Å². The summed E-state index contributed by atoms with van der Waals surface area (Å²) in [7, 11) is 0. The first-order valence-corrected chi connectivity index (χ1v) is 6.98. The Bertz CT molecular complexity index is 903. The minimum absolute atomic E-state index is 0.0395. The summed E-state index contributed by atoms with van der Waals surface area (Å²) in [5.74, 6) is -0.645. The van der Waals surface area contributed by atoms with Gasteiger partial charge < -0.3 is 9.52 Å². The standard InChI is InChI=1S/C18H13NO4/c1-11-2-4-12(5-3-11)10-13-6-7-15(23-13)16(20)14-8-9-19-18(22)17(14)21/h2-7,21H,10H2,1H3,(H,19,22). The van der Waals surface area contributed by atoms with Crippen molar-refractivity contribution in [2.45, 2.75) is 13.3 Å². The predicted molar refractivity (Wildman–Crippen MR) is 82.5 cm³/mol. The van der Waals surface area contributed by atoms with E-state index in [2.05, 4.69) is 17.2 Å². The van der Waals surface area contributed by atoms with E-state index < -0.39 is 17.1 Å². The molecule has 0 spiro atoms. The van der Waals surface area contributed by atoms with Crippen LogP contribution >= 0.6 is 0 Å². The van der Waals surface area contributed by atoms with Crippen LogP contribution in [0.5, 0.6) is 5.75 Å². The average Bonchev–Trinajstić information content (AvgIpc) is 3.00. The number of nitrogens with one attached hydrogen (secondary N) is 1. The summed E-state index contributed by atoms with van der Waals surface area (Å²) >= 11 is 0. The van der Waals surface area contributed by atoms with Crippen molar-refractivity contribution in [2.24, 2.45) is 0 Å². The van der Waals surface area contributed by atoms with Crippen molar-refractivity contribution in [1.82, 2.24) is 4.98 Å². The monoisotopic (exact) mass is 307 g/mol. The molecule has 5 nitrogen and oxygen atoms in total. The Hall–Kier alpha value is -3.26. The van der Waals surface area contributed by atoms with Crippen molar-refractivity contribution >= 4 is 5.78 Å². The highest BCUT2D eigenvalue weighted by Crippen LogP contribution is 2.18. The van der Waals surface area contributed by atoms with Gasteiger partial charge in [-0.2, -0.15) is 0 Å². The smallest absolute Gasteiger partial charge is 0.299 e. The normalized spacial score (nSPS) is 10.3. The van der Waals surface area contributed by atoms with Gasteiger partial charge in [-0.25, -0.2) is 0 Å². The number of aryl methyl sites for hydroxylation is 1. The fourth-order valence-electron chi connectivity index (χ4n) is 2.17. The van der Waals surface area contributed by atoms with E-state index in [1.807, 2.05) is 31.2 Å². The predicted octanol–water partition coefficient (Wildman–Crippen LogP) is 2.40. The van der Waals surface area contributed by atoms with Gasteiger partial charge in [0.05, 0.1) is 0 Å². The number of furan rings is 1. The summed E-state index contributed by atoms with van der Waals surface area (Å²) in [5, 5.41) is 9.64. The fraction of sp³-hybridized carbons (Fsp3) is 0.111. The molecule has 0 aliphatic heterocycles. The van der Waals surface area contributed by atoms with Crippen molar-refractivity contribution in [3.8, 4) is 5.75 Å². The molecule has 23 heavy (non-hydrogen) atoms. The summed E-state index contributed by atoms with van der Waals surface area (Å²) in [6.45, 7) is 2.01. The molecule has 0 aliphatic rings. The van der Waals surface area contributed by atoms with Crippen LogP contribution in [0.25, 0.3) is 0 Å². The average molecular weight is 307 g/mol. The van der Waals surface area contributed by atoms with Crippen molar-refractivity contribution in [3.63, 3.8) is 0 Å². The van der Waals surface area contributed by atoms with Crippen LogP contribution in [0.15, 0.2) is 45.6 Å². The zero-order chi connectivity index (χ0) is 16.4. The minimum atomic E-state index is -0.793. The molecular formula is C18H13NO4. The van der Waals surface area contributed by atoms with Crippen molar-refractivity contribution < 1.29 is 14.3 Å².